The number of carbonyl (C=O) groups excluding carboxylic acids is 2. The number of nitrogens with two attached hydrogens (primary N) is 1. The van der Waals surface area contributed by atoms with Gasteiger partial charge in [-0.2, -0.15) is 0 Å². The summed E-state index contributed by atoms with van der Waals surface area (Å²) in [6.07, 6.45) is 0.787. The van der Waals surface area contributed by atoms with E-state index in [0.29, 0.717) is 24.6 Å². The Labute approximate surface area is 169 Å². The second-order valence-corrected chi connectivity index (χ2v) is 6.45. The summed E-state index contributed by atoms with van der Waals surface area (Å²) in [6.45, 7) is 1.07. The summed E-state index contributed by atoms with van der Waals surface area (Å²) in [6, 6.07) is 14.8. The molecule has 0 aliphatic carbocycles. The van der Waals surface area contributed by atoms with Crippen molar-refractivity contribution in [3.63, 3.8) is 0 Å². The van der Waals surface area contributed by atoms with Crippen LogP contribution < -0.4 is 21.7 Å². The highest BCUT2D eigenvalue weighted by Crippen LogP contribution is 2.14. The van der Waals surface area contributed by atoms with E-state index in [9.17, 15) is 9.59 Å². The van der Waals surface area contributed by atoms with Crippen LogP contribution in [-0.4, -0.2) is 37.9 Å². The van der Waals surface area contributed by atoms with Gasteiger partial charge in [0.05, 0.1) is 6.54 Å². The maximum atomic E-state index is 11.9. The minimum atomic E-state index is -0.581. The molecule has 0 aromatic heterocycles. The fraction of sp³-hybridized carbons (Fsp3) is 0.250. The van der Waals surface area contributed by atoms with E-state index >= 15 is 0 Å². The Morgan fingerprint density at radius 1 is 1.04 bits per heavy atom. The maximum Gasteiger partial charge on any atom is 0.251 e. The van der Waals surface area contributed by atoms with Crippen molar-refractivity contribution in [3.05, 3.63) is 70.2 Å². The van der Waals surface area contributed by atoms with Gasteiger partial charge >= 0.3 is 0 Å². The van der Waals surface area contributed by atoms with Gasteiger partial charge < -0.3 is 21.7 Å². The Bertz CT molecular complexity index is 837. The first-order chi connectivity index (χ1) is 13.5. The van der Waals surface area contributed by atoms with Gasteiger partial charge in [0.25, 0.3) is 5.91 Å². The number of nitrogens with zero attached hydrogens (tertiary/aromatic N) is 1. The van der Waals surface area contributed by atoms with Crippen LogP contribution in [0.4, 0.5) is 0 Å². The Morgan fingerprint density at radius 3 is 2.39 bits per heavy atom. The highest BCUT2D eigenvalue weighted by Gasteiger charge is 2.06. The molecule has 2 rings (SSSR count). The van der Waals surface area contributed by atoms with Crippen LogP contribution in [0.1, 0.15) is 21.5 Å². The fourth-order valence-corrected chi connectivity index (χ4v) is 2.70. The van der Waals surface area contributed by atoms with E-state index in [1.54, 1.807) is 19.2 Å². The number of halogens is 1. The molecule has 2 aromatic rings. The number of amides is 2. The van der Waals surface area contributed by atoms with E-state index in [0.717, 1.165) is 22.6 Å². The number of hydrogen-bond acceptors (Lipinski definition) is 3. The van der Waals surface area contributed by atoms with Crippen LogP contribution >= 0.6 is 11.6 Å². The smallest absolute Gasteiger partial charge is 0.251 e. The SMILES string of the molecule is CN=C(NCCc1ccccc1Cl)NCc1ccc(C(=O)NCC(N)=O)cc1. The van der Waals surface area contributed by atoms with Crippen LogP contribution in [0.3, 0.4) is 0 Å². The lowest BCUT2D eigenvalue weighted by Gasteiger charge is -2.12. The van der Waals surface area contributed by atoms with Gasteiger partial charge in [-0.25, -0.2) is 0 Å². The van der Waals surface area contributed by atoms with Gasteiger partial charge in [0.15, 0.2) is 5.96 Å². The van der Waals surface area contributed by atoms with Crippen LogP contribution in [0.15, 0.2) is 53.5 Å². The van der Waals surface area contributed by atoms with Crippen molar-refractivity contribution in [2.75, 3.05) is 20.1 Å². The standard InChI is InChI=1S/C20H24ClN5O2/c1-23-20(24-11-10-15-4-2-3-5-17(15)21)26-12-14-6-8-16(9-7-14)19(28)25-13-18(22)27/h2-9H,10-13H2,1H3,(H2,22,27)(H,25,28)(H2,23,24,26). The van der Waals surface area contributed by atoms with Crippen molar-refractivity contribution in [3.8, 4) is 0 Å². The summed E-state index contributed by atoms with van der Waals surface area (Å²) in [5, 5.41) is 9.67. The van der Waals surface area contributed by atoms with Gasteiger partial charge in [-0.3, -0.25) is 14.6 Å². The second-order valence-electron chi connectivity index (χ2n) is 6.04. The van der Waals surface area contributed by atoms with Gasteiger partial charge in [-0.1, -0.05) is 41.9 Å². The number of rotatable bonds is 8. The monoisotopic (exact) mass is 401 g/mol. The van der Waals surface area contributed by atoms with Crippen LogP contribution in [0.2, 0.25) is 5.02 Å². The summed E-state index contributed by atoms with van der Waals surface area (Å²) in [5.41, 5.74) is 7.55. The van der Waals surface area contributed by atoms with E-state index in [2.05, 4.69) is 20.9 Å². The molecule has 7 nitrogen and oxygen atoms in total. The molecule has 148 valence electrons. The van der Waals surface area contributed by atoms with E-state index in [4.69, 9.17) is 17.3 Å². The molecule has 2 aromatic carbocycles. The molecule has 28 heavy (non-hydrogen) atoms. The average Bonchev–Trinajstić information content (AvgIpc) is 2.70. The third-order valence-corrected chi connectivity index (χ3v) is 4.34. The highest BCUT2D eigenvalue weighted by molar-refractivity contribution is 6.31. The first kappa shape index (κ1) is 21.2. The molecule has 0 heterocycles. The zero-order valence-corrected chi connectivity index (χ0v) is 16.4. The summed E-state index contributed by atoms with van der Waals surface area (Å²) >= 11 is 6.16. The Morgan fingerprint density at radius 2 is 1.75 bits per heavy atom. The third-order valence-electron chi connectivity index (χ3n) is 3.97. The highest BCUT2D eigenvalue weighted by atomic mass is 35.5. The third kappa shape index (κ3) is 6.92. The lowest BCUT2D eigenvalue weighted by Crippen LogP contribution is -2.37. The number of carbonyl (C=O) groups is 2. The van der Waals surface area contributed by atoms with Crippen molar-refractivity contribution in [1.82, 2.24) is 16.0 Å². The van der Waals surface area contributed by atoms with Crippen LogP contribution in [0, 0.1) is 0 Å². The van der Waals surface area contributed by atoms with E-state index < -0.39 is 5.91 Å². The van der Waals surface area contributed by atoms with Crippen LogP contribution in [-0.2, 0) is 17.8 Å². The minimum absolute atomic E-state index is 0.182. The van der Waals surface area contributed by atoms with E-state index in [1.165, 1.54) is 0 Å². The number of nitrogens with one attached hydrogen (secondary N) is 3. The molecule has 8 heteroatoms. The Kier molecular flexibility index (Phi) is 8.30. The maximum absolute atomic E-state index is 11.9. The zero-order valence-electron chi connectivity index (χ0n) is 15.7. The summed E-state index contributed by atoms with van der Waals surface area (Å²) in [4.78, 5) is 26.8. The predicted molar refractivity (Wildman–Crippen MR) is 111 cm³/mol. The van der Waals surface area contributed by atoms with Crippen molar-refractivity contribution < 1.29 is 9.59 Å². The lowest BCUT2D eigenvalue weighted by molar-refractivity contribution is -0.117. The summed E-state index contributed by atoms with van der Waals surface area (Å²) in [7, 11) is 1.71. The predicted octanol–water partition coefficient (Wildman–Crippen LogP) is 1.46. The molecule has 5 N–H and O–H groups in total. The molecular formula is C20H24ClN5O2. The molecule has 0 aliphatic rings. The Balaban J connectivity index is 1.79. The molecule has 0 fully saturated rings. The van der Waals surface area contributed by atoms with Crippen molar-refractivity contribution in [2.24, 2.45) is 10.7 Å². The first-order valence-electron chi connectivity index (χ1n) is 8.83. The topological polar surface area (TPSA) is 109 Å². The summed E-state index contributed by atoms with van der Waals surface area (Å²) in [5.74, 6) is -0.242. The molecule has 0 saturated carbocycles. The normalized spacial score (nSPS) is 11.0. The van der Waals surface area contributed by atoms with Gasteiger partial charge in [-0.05, 0) is 35.7 Å². The van der Waals surface area contributed by atoms with Crippen molar-refractivity contribution in [1.29, 1.82) is 0 Å². The van der Waals surface area contributed by atoms with Gasteiger partial charge in [0, 0.05) is 30.7 Å². The lowest BCUT2D eigenvalue weighted by atomic mass is 10.1. The molecule has 0 atom stereocenters. The number of hydrogen-bond donors (Lipinski definition) is 4. The molecule has 0 radical (unpaired) electrons. The second kappa shape index (κ2) is 10.9. The van der Waals surface area contributed by atoms with Crippen molar-refractivity contribution in [2.45, 2.75) is 13.0 Å². The minimum Gasteiger partial charge on any atom is -0.368 e. The largest absolute Gasteiger partial charge is 0.368 e. The fourth-order valence-electron chi connectivity index (χ4n) is 2.47. The number of primary amides is 1. The van der Waals surface area contributed by atoms with E-state index in [1.807, 2.05) is 36.4 Å². The first-order valence-corrected chi connectivity index (χ1v) is 9.20. The van der Waals surface area contributed by atoms with Crippen LogP contribution in [0.5, 0.6) is 0 Å². The number of aliphatic imine (C=N–C) groups is 1. The molecule has 0 bridgehead atoms. The zero-order chi connectivity index (χ0) is 20.4. The van der Waals surface area contributed by atoms with Crippen molar-refractivity contribution >= 4 is 29.4 Å². The molecular weight excluding hydrogens is 378 g/mol. The molecule has 0 unspecified atom stereocenters. The van der Waals surface area contributed by atoms with Gasteiger partial charge in [0.2, 0.25) is 5.91 Å². The number of benzene rings is 2. The molecule has 0 saturated heterocycles. The van der Waals surface area contributed by atoms with Gasteiger partial charge in [0.1, 0.15) is 0 Å². The quantitative estimate of drug-likeness (QED) is 0.396. The van der Waals surface area contributed by atoms with Crippen LogP contribution in [0.25, 0.3) is 0 Å². The molecule has 2 amide bonds. The van der Waals surface area contributed by atoms with E-state index in [-0.39, 0.29) is 12.5 Å². The average molecular weight is 402 g/mol. The molecule has 0 spiro atoms. The Hall–Kier alpha value is -3.06. The number of guanidine groups is 1. The van der Waals surface area contributed by atoms with Gasteiger partial charge in [-0.15, -0.1) is 0 Å². The molecule has 0 aliphatic heterocycles. The summed E-state index contributed by atoms with van der Waals surface area (Å²) < 4.78 is 0.